The number of H-pyrrole nitrogens is 1. The molecule has 5 nitrogen and oxygen atoms in total. The summed E-state index contributed by atoms with van der Waals surface area (Å²) in [7, 11) is 0. The number of hydrogen-bond acceptors (Lipinski definition) is 3. The number of fused-ring (bicyclic) bond motifs is 2. The third kappa shape index (κ3) is 4.31. The van der Waals surface area contributed by atoms with Crippen molar-refractivity contribution < 1.29 is 4.39 Å². The van der Waals surface area contributed by atoms with Crippen molar-refractivity contribution in [2.75, 3.05) is 32.7 Å². The average Bonchev–Trinajstić information content (AvgIpc) is 3.40. The van der Waals surface area contributed by atoms with E-state index in [0.29, 0.717) is 12.6 Å². The highest BCUT2D eigenvalue weighted by Crippen LogP contribution is 2.47. The summed E-state index contributed by atoms with van der Waals surface area (Å²) in [6.07, 6.45) is 0.978. The van der Waals surface area contributed by atoms with Crippen LogP contribution in [-0.2, 0) is 6.54 Å². The summed E-state index contributed by atoms with van der Waals surface area (Å²) in [6.45, 7) is 5.43. The van der Waals surface area contributed by atoms with E-state index >= 15 is 0 Å². The Morgan fingerprint density at radius 3 is 2.49 bits per heavy atom. The molecule has 0 unspecified atom stereocenters. The number of nitrogens with zero attached hydrogens (tertiary/aromatic N) is 3. The Labute approximate surface area is 208 Å². The van der Waals surface area contributed by atoms with E-state index in [4.69, 9.17) is 11.6 Å². The van der Waals surface area contributed by atoms with Crippen LogP contribution in [0.5, 0.6) is 0 Å². The Hall–Kier alpha value is -2.93. The molecule has 1 fully saturated rings. The van der Waals surface area contributed by atoms with Gasteiger partial charge < -0.3 is 4.98 Å². The molecule has 1 saturated heterocycles. The Kier molecular flexibility index (Phi) is 5.96. The highest BCUT2D eigenvalue weighted by molar-refractivity contribution is 6.30. The quantitative estimate of drug-likeness (QED) is 0.427. The van der Waals surface area contributed by atoms with Crippen LogP contribution in [0.3, 0.4) is 0 Å². The predicted octanol–water partition coefficient (Wildman–Crippen LogP) is 5.02. The first-order valence-electron chi connectivity index (χ1n) is 12.3. The van der Waals surface area contributed by atoms with Gasteiger partial charge >= 0.3 is 5.69 Å². The predicted molar refractivity (Wildman–Crippen MR) is 138 cm³/mol. The summed E-state index contributed by atoms with van der Waals surface area (Å²) in [5.41, 5.74) is 5.54. The van der Waals surface area contributed by atoms with Gasteiger partial charge in [-0.2, -0.15) is 0 Å². The van der Waals surface area contributed by atoms with Gasteiger partial charge in [0, 0.05) is 56.3 Å². The summed E-state index contributed by atoms with van der Waals surface area (Å²) >= 11 is 6.37. The summed E-state index contributed by atoms with van der Waals surface area (Å²) in [6, 6.07) is 21.3. The molecule has 7 heteroatoms. The zero-order valence-electron chi connectivity index (χ0n) is 19.5. The van der Waals surface area contributed by atoms with Crippen LogP contribution < -0.4 is 5.69 Å². The van der Waals surface area contributed by atoms with Crippen molar-refractivity contribution >= 4 is 22.6 Å². The number of halogens is 2. The largest absolute Gasteiger partial charge is 0.326 e. The van der Waals surface area contributed by atoms with Crippen LogP contribution in [0.15, 0.2) is 71.5 Å². The second kappa shape index (κ2) is 9.26. The number of rotatable bonds is 5. The fourth-order valence-electron chi connectivity index (χ4n) is 5.85. The highest BCUT2D eigenvalue weighted by Gasteiger charge is 2.36. The molecule has 0 saturated carbocycles. The first-order valence-corrected chi connectivity index (χ1v) is 12.6. The van der Waals surface area contributed by atoms with Crippen LogP contribution in [0, 0.1) is 5.82 Å². The smallest absolute Gasteiger partial charge is 0.306 e. The molecular weight excluding hydrogens is 463 g/mol. The molecule has 2 atom stereocenters. The molecule has 1 aliphatic heterocycles. The van der Waals surface area contributed by atoms with Gasteiger partial charge in [-0.1, -0.05) is 41.9 Å². The zero-order chi connectivity index (χ0) is 23.9. The maximum atomic E-state index is 13.5. The van der Waals surface area contributed by atoms with E-state index in [0.717, 1.165) is 60.8 Å². The molecule has 1 aliphatic carbocycles. The summed E-state index contributed by atoms with van der Waals surface area (Å²) < 4.78 is 15.4. The third-order valence-electron chi connectivity index (χ3n) is 7.68. The van der Waals surface area contributed by atoms with E-state index < -0.39 is 0 Å². The lowest BCUT2D eigenvalue weighted by Gasteiger charge is -2.38. The van der Waals surface area contributed by atoms with Crippen LogP contribution in [0.1, 0.15) is 35.1 Å². The standard InChI is InChI=1S/C28H28ClFN4O/c29-20-7-10-22-24(17-20)23(19-5-8-21(30)9-6-19)18-27(22)33-14-11-32(12-15-33)13-16-34-26-4-2-1-3-25(26)31-28(34)35/h1-10,17,23,27H,11-16,18H2,(H,31,35)/t23-,27+/m0/s1. The van der Waals surface area contributed by atoms with Crippen molar-refractivity contribution in [3.05, 3.63) is 105 Å². The molecule has 0 bridgehead atoms. The molecule has 4 aromatic rings. The van der Waals surface area contributed by atoms with Crippen molar-refractivity contribution in [3.8, 4) is 0 Å². The lowest BCUT2D eigenvalue weighted by Crippen LogP contribution is -2.48. The van der Waals surface area contributed by atoms with Gasteiger partial charge in [0.15, 0.2) is 0 Å². The fourth-order valence-corrected chi connectivity index (χ4v) is 6.03. The van der Waals surface area contributed by atoms with Crippen molar-refractivity contribution in [2.24, 2.45) is 0 Å². The Morgan fingerprint density at radius 1 is 0.914 bits per heavy atom. The van der Waals surface area contributed by atoms with Crippen molar-refractivity contribution in [1.29, 1.82) is 0 Å². The van der Waals surface area contributed by atoms with E-state index in [9.17, 15) is 9.18 Å². The van der Waals surface area contributed by atoms with Crippen LogP contribution in [0.2, 0.25) is 5.02 Å². The maximum Gasteiger partial charge on any atom is 0.326 e. The molecule has 1 N–H and O–H groups in total. The van der Waals surface area contributed by atoms with Crippen LogP contribution in [-0.4, -0.2) is 52.1 Å². The van der Waals surface area contributed by atoms with Crippen LogP contribution >= 0.6 is 11.6 Å². The van der Waals surface area contributed by atoms with Gasteiger partial charge in [0.05, 0.1) is 11.0 Å². The number of nitrogens with one attached hydrogen (secondary N) is 1. The molecular formula is C28H28ClFN4O. The summed E-state index contributed by atoms with van der Waals surface area (Å²) in [5.74, 6) is 0.0155. The Bertz CT molecular complexity index is 1400. The van der Waals surface area contributed by atoms with Crippen molar-refractivity contribution in [1.82, 2.24) is 19.4 Å². The SMILES string of the molecule is O=c1[nH]c2ccccc2n1CCN1CCN([C@@H]2C[C@@H](c3ccc(F)cc3)c3cc(Cl)ccc32)CC1. The lowest BCUT2D eigenvalue weighted by atomic mass is 9.93. The first-order chi connectivity index (χ1) is 17.1. The molecule has 35 heavy (non-hydrogen) atoms. The van der Waals surface area contributed by atoms with Gasteiger partial charge in [-0.3, -0.25) is 14.4 Å². The molecule has 0 spiro atoms. The van der Waals surface area contributed by atoms with Gasteiger partial charge in [-0.25, -0.2) is 9.18 Å². The fraction of sp³-hybridized carbons (Fsp3) is 0.321. The molecule has 6 rings (SSSR count). The second-order valence-electron chi connectivity index (χ2n) is 9.61. The van der Waals surface area contributed by atoms with E-state index in [1.165, 1.54) is 11.1 Å². The number of para-hydroxylation sites is 2. The van der Waals surface area contributed by atoms with Gasteiger partial charge in [-0.15, -0.1) is 0 Å². The molecule has 0 amide bonds. The lowest BCUT2D eigenvalue weighted by molar-refractivity contribution is 0.0927. The van der Waals surface area contributed by atoms with Gasteiger partial charge in [0.2, 0.25) is 0 Å². The summed E-state index contributed by atoms with van der Waals surface area (Å²) in [4.78, 5) is 20.4. The minimum Gasteiger partial charge on any atom is -0.306 e. The van der Waals surface area contributed by atoms with Gasteiger partial charge in [0.1, 0.15) is 5.82 Å². The minimum absolute atomic E-state index is 0.0436. The van der Waals surface area contributed by atoms with Crippen LogP contribution in [0.4, 0.5) is 4.39 Å². The average molecular weight is 491 g/mol. The first kappa shape index (κ1) is 22.5. The molecule has 2 heterocycles. The topological polar surface area (TPSA) is 44.3 Å². The number of aromatic amines is 1. The van der Waals surface area contributed by atoms with E-state index in [-0.39, 0.29) is 17.4 Å². The molecule has 3 aromatic carbocycles. The highest BCUT2D eigenvalue weighted by atomic mass is 35.5. The van der Waals surface area contributed by atoms with Gasteiger partial charge in [0.25, 0.3) is 0 Å². The number of aromatic nitrogens is 2. The monoisotopic (exact) mass is 490 g/mol. The normalized spacial score (nSPS) is 21.0. The summed E-state index contributed by atoms with van der Waals surface area (Å²) in [5, 5.41) is 0.744. The molecule has 2 aliphatic rings. The zero-order valence-corrected chi connectivity index (χ0v) is 20.2. The maximum absolute atomic E-state index is 13.5. The van der Waals surface area contributed by atoms with Crippen molar-refractivity contribution in [2.45, 2.75) is 24.9 Å². The molecule has 180 valence electrons. The number of imidazole rings is 1. The van der Waals surface area contributed by atoms with E-state index in [1.54, 1.807) is 12.1 Å². The van der Waals surface area contributed by atoms with Crippen molar-refractivity contribution in [3.63, 3.8) is 0 Å². The molecule has 1 aromatic heterocycles. The number of piperazine rings is 1. The Balaban J connectivity index is 1.14. The van der Waals surface area contributed by atoms with E-state index in [2.05, 4.69) is 26.9 Å². The second-order valence-corrected chi connectivity index (χ2v) is 10.0. The van der Waals surface area contributed by atoms with Crippen LogP contribution in [0.25, 0.3) is 11.0 Å². The number of hydrogen-bond donors (Lipinski definition) is 1. The molecule has 0 radical (unpaired) electrons. The third-order valence-corrected chi connectivity index (χ3v) is 7.92. The van der Waals surface area contributed by atoms with E-state index in [1.807, 2.05) is 47.0 Å². The van der Waals surface area contributed by atoms with Gasteiger partial charge in [-0.05, 0) is 59.5 Å². The Morgan fingerprint density at radius 2 is 1.69 bits per heavy atom. The number of benzene rings is 3. The minimum atomic E-state index is -0.208.